The van der Waals surface area contributed by atoms with E-state index in [9.17, 15) is 45.6 Å². The molecule has 1 amide bonds. The van der Waals surface area contributed by atoms with Crippen LogP contribution in [-0.2, 0) is 23.7 Å². The lowest BCUT2D eigenvalue weighted by Gasteiger charge is -2.46. The standard InChI is InChI=1S/C42H77NO13/c1-3-5-6-7-8-9-10-11-12-13-14-15-16-17-18-19-20-21-22-23-24-26-31(46)30(43-34(47)25-4-2)29-53-41-39(52)37(50)40(33(28-45)55-41)56-42-38(51)36(49)35(48)32(27-44)54-42/h20-21,24,26,30-33,35-42,44-46,48-52H,3-19,22-23,25,27-29H2,1-2H3,(H,43,47)/b21-20+,26-24+. The first-order chi connectivity index (χ1) is 27.1. The van der Waals surface area contributed by atoms with Crippen molar-refractivity contribution >= 4 is 5.91 Å². The third-order valence-electron chi connectivity index (χ3n) is 10.6. The smallest absolute Gasteiger partial charge is 0.220 e. The molecule has 0 aromatic heterocycles. The molecule has 2 saturated heterocycles. The second-order valence-corrected chi connectivity index (χ2v) is 15.5. The van der Waals surface area contributed by atoms with Crippen molar-refractivity contribution in [2.45, 2.75) is 216 Å². The Hall–Kier alpha value is -1.53. The maximum Gasteiger partial charge on any atom is 0.220 e. The van der Waals surface area contributed by atoms with E-state index in [-0.39, 0.29) is 18.9 Å². The van der Waals surface area contributed by atoms with Crippen LogP contribution in [0.1, 0.15) is 142 Å². The van der Waals surface area contributed by atoms with E-state index in [4.69, 9.17) is 18.9 Å². The number of carbonyl (C=O) groups is 1. The number of hydrogen-bond acceptors (Lipinski definition) is 13. The molecule has 14 nitrogen and oxygen atoms in total. The molecule has 2 aliphatic rings. The van der Waals surface area contributed by atoms with E-state index in [0.29, 0.717) is 12.8 Å². The van der Waals surface area contributed by atoms with E-state index in [1.54, 1.807) is 6.08 Å². The Morgan fingerprint density at radius 3 is 1.71 bits per heavy atom. The quantitative estimate of drug-likeness (QED) is 0.0362. The molecule has 12 atom stereocenters. The number of unbranched alkanes of at least 4 members (excludes halogenated alkanes) is 16. The number of aliphatic hydroxyl groups is 8. The first-order valence-electron chi connectivity index (χ1n) is 21.6. The number of ether oxygens (including phenoxy) is 4. The molecule has 2 aliphatic heterocycles. The van der Waals surface area contributed by atoms with Crippen LogP contribution < -0.4 is 5.32 Å². The minimum Gasteiger partial charge on any atom is -0.394 e. The van der Waals surface area contributed by atoms with Gasteiger partial charge in [-0.2, -0.15) is 0 Å². The molecule has 9 N–H and O–H groups in total. The average Bonchev–Trinajstić information content (AvgIpc) is 3.19. The predicted molar refractivity (Wildman–Crippen MR) is 212 cm³/mol. The Morgan fingerprint density at radius 1 is 0.625 bits per heavy atom. The van der Waals surface area contributed by atoms with Crippen LogP contribution in [0.25, 0.3) is 0 Å². The van der Waals surface area contributed by atoms with Crippen molar-refractivity contribution in [1.29, 1.82) is 0 Å². The number of amides is 1. The van der Waals surface area contributed by atoms with Crippen molar-refractivity contribution in [2.24, 2.45) is 0 Å². The summed E-state index contributed by atoms with van der Waals surface area (Å²) >= 11 is 0. The molecule has 2 fully saturated rings. The van der Waals surface area contributed by atoms with Crippen LogP contribution in [0.5, 0.6) is 0 Å². The van der Waals surface area contributed by atoms with E-state index in [1.807, 2.05) is 13.0 Å². The van der Waals surface area contributed by atoms with Crippen LogP contribution in [0, 0.1) is 0 Å². The van der Waals surface area contributed by atoms with Crippen molar-refractivity contribution in [2.75, 3.05) is 19.8 Å². The monoisotopic (exact) mass is 804 g/mol. The molecule has 14 heteroatoms. The fourth-order valence-corrected chi connectivity index (χ4v) is 7.05. The molecule has 0 aromatic rings. The van der Waals surface area contributed by atoms with E-state index in [1.165, 1.54) is 96.3 Å². The Bertz CT molecular complexity index is 1050. The van der Waals surface area contributed by atoms with E-state index < -0.39 is 86.8 Å². The maximum absolute atomic E-state index is 12.5. The number of hydrogen-bond donors (Lipinski definition) is 9. The summed E-state index contributed by atoms with van der Waals surface area (Å²) in [5, 5.41) is 85.4. The molecule has 0 spiro atoms. The van der Waals surface area contributed by atoms with Gasteiger partial charge in [0.15, 0.2) is 12.6 Å². The fourth-order valence-electron chi connectivity index (χ4n) is 7.05. The average molecular weight is 804 g/mol. The predicted octanol–water partition coefficient (Wildman–Crippen LogP) is 3.43. The lowest BCUT2D eigenvalue weighted by Crippen LogP contribution is -2.65. The molecule has 2 heterocycles. The largest absolute Gasteiger partial charge is 0.394 e. The zero-order valence-electron chi connectivity index (χ0n) is 34.1. The van der Waals surface area contributed by atoms with E-state index >= 15 is 0 Å². The lowest BCUT2D eigenvalue weighted by molar-refractivity contribution is -0.359. The maximum atomic E-state index is 12.5. The molecule has 328 valence electrons. The van der Waals surface area contributed by atoms with Crippen molar-refractivity contribution in [3.05, 3.63) is 24.3 Å². The zero-order valence-corrected chi connectivity index (χ0v) is 34.1. The highest BCUT2D eigenvalue weighted by molar-refractivity contribution is 5.76. The second kappa shape index (κ2) is 30.5. The van der Waals surface area contributed by atoms with E-state index in [0.717, 1.165) is 12.8 Å². The fraction of sp³-hybridized carbons (Fsp3) is 0.881. The summed E-state index contributed by atoms with van der Waals surface area (Å²) in [6.07, 6.45) is 14.3. The van der Waals surface area contributed by atoms with Gasteiger partial charge in [-0.3, -0.25) is 4.79 Å². The molecule has 0 aliphatic carbocycles. The van der Waals surface area contributed by atoms with Crippen molar-refractivity contribution in [3.8, 4) is 0 Å². The number of aliphatic hydroxyl groups excluding tert-OH is 8. The minimum absolute atomic E-state index is 0.224. The number of carbonyl (C=O) groups excluding carboxylic acids is 1. The van der Waals surface area contributed by atoms with Crippen LogP contribution >= 0.6 is 0 Å². The van der Waals surface area contributed by atoms with Gasteiger partial charge < -0.3 is 65.1 Å². The molecule has 0 bridgehead atoms. The number of allylic oxidation sites excluding steroid dienone is 3. The Kier molecular flexibility index (Phi) is 27.6. The first-order valence-corrected chi connectivity index (χ1v) is 21.6. The van der Waals surface area contributed by atoms with Gasteiger partial charge >= 0.3 is 0 Å². The molecule has 56 heavy (non-hydrogen) atoms. The third kappa shape index (κ3) is 19.0. The van der Waals surface area contributed by atoms with Crippen molar-refractivity contribution < 1.29 is 64.6 Å². The highest BCUT2D eigenvalue weighted by Crippen LogP contribution is 2.30. The van der Waals surface area contributed by atoms with Gasteiger partial charge in [0.05, 0.1) is 32.0 Å². The summed E-state index contributed by atoms with van der Waals surface area (Å²) in [6, 6.07) is -0.922. The molecule has 0 aromatic carbocycles. The van der Waals surface area contributed by atoms with Crippen molar-refractivity contribution in [3.63, 3.8) is 0 Å². The van der Waals surface area contributed by atoms with Gasteiger partial charge in [-0.15, -0.1) is 0 Å². The summed E-state index contributed by atoms with van der Waals surface area (Å²) in [7, 11) is 0. The minimum atomic E-state index is -1.79. The summed E-state index contributed by atoms with van der Waals surface area (Å²) in [6.45, 7) is 2.37. The van der Waals surface area contributed by atoms with Crippen LogP contribution in [0.15, 0.2) is 24.3 Å². The van der Waals surface area contributed by atoms with Gasteiger partial charge in [0.25, 0.3) is 0 Å². The van der Waals surface area contributed by atoms with Crippen LogP contribution in [0.2, 0.25) is 0 Å². The van der Waals surface area contributed by atoms with Crippen LogP contribution in [0.4, 0.5) is 0 Å². The molecule has 2 rings (SSSR count). The lowest BCUT2D eigenvalue weighted by atomic mass is 9.97. The van der Waals surface area contributed by atoms with Gasteiger partial charge in [-0.1, -0.05) is 128 Å². The normalized spacial score (nSPS) is 29.6. The molecular weight excluding hydrogens is 726 g/mol. The molecular formula is C42H77NO13. The summed E-state index contributed by atoms with van der Waals surface area (Å²) < 4.78 is 22.3. The molecule has 0 radical (unpaired) electrons. The van der Waals surface area contributed by atoms with Crippen molar-refractivity contribution in [1.82, 2.24) is 5.32 Å². The SMILES string of the molecule is CCCCCCCCCCCCCCCCC/C=C/CC/C=C/C(O)C(COC1OC(CO)C(OC2OC(CO)C(O)C(O)C2O)C(O)C1O)NC(=O)CCC. The molecule has 0 saturated carbocycles. The third-order valence-corrected chi connectivity index (χ3v) is 10.6. The Morgan fingerprint density at radius 2 is 1.14 bits per heavy atom. The van der Waals surface area contributed by atoms with Crippen LogP contribution in [0.3, 0.4) is 0 Å². The summed E-state index contributed by atoms with van der Waals surface area (Å²) in [5.41, 5.74) is 0. The summed E-state index contributed by atoms with van der Waals surface area (Å²) in [4.78, 5) is 12.5. The van der Waals surface area contributed by atoms with Gasteiger partial charge in [-0.05, 0) is 32.1 Å². The zero-order chi connectivity index (χ0) is 41.1. The number of rotatable bonds is 31. The second-order valence-electron chi connectivity index (χ2n) is 15.5. The van der Waals surface area contributed by atoms with Gasteiger partial charge in [0.1, 0.15) is 48.8 Å². The van der Waals surface area contributed by atoms with Gasteiger partial charge in [0.2, 0.25) is 5.91 Å². The molecule has 12 unspecified atom stereocenters. The Balaban J connectivity index is 1.72. The highest BCUT2D eigenvalue weighted by atomic mass is 16.7. The van der Waals surface area contributed by atoms with Gasteiger partial charge in [-0.25, -0.2) is 0 Å². The highest BCUT2D eigenvalue weighted by Gasteiger charge is 2.50. The van der Waals surface area contributed by atoms with Gasteiger partial charge in [0, 0.05) is 6.42 Å². The Labute approximate surface area is 335 Å². The van der Waals surface area contributed by atoms with E-state index in [2.05, 4.69) is 24.4 Å². The first kappa shape index (κ1) is 50.6. The number of nitrogens with one attached hydrogen (secondary N) is 1. The van der Waals surface area contributed by atoms with Crippen LogP contribution in [-0.4, -0.2) is 140 Å². The topological polar surface area (TPSA) is 228 Å². The summed E-state index contributed by atoms with van der Waals surface area (Å²) in [5.74, 6) is -0.304.